The fourth-order valence-electron chi connectivity index (χ4n) is 16.5. The molecule has 4 saturated heterocycles. The average Bonchev–Trinajstić information content (AvgIpc) is 1.39. The van der Waals surface area contributed by atoms with E-state index >= 15 is 0 Å². The lowest BCUT2D eigenvalue weighted by Gasteiger charge is -2.55. The summed E-state index contributed by atoms with van der Waals surface area (Å²) >= 11 is 3.41. The van der Waals surface area contributed by atoms with Crippen molar-refractivity contribution in [2.24, 2.45) is 0 Å². The first kappa shape index (κ1) is 77.2. The highest BCUT2D eigenvalue weighted by atomic mass is 79.9. The molecule has 16 rings (SSSR count). The zero-order valence-electron chi connectivity index (χ0n) is 64.2. The van der Waals surface area contributed by atoms with Crippen LogP contribution in [0.1, 0.15) is 249 Å². The third-order valence-corrected chi connectivity index (χ3v) is 25.3. The van der Waals surface area contributed by atoms with E-state index in [0.717, 1.165) is 32.1 Å². The second kappa shape index (κ2) is 25.6. The van der Waals surface area contributed by atoms with E-state index in [-0.39, 0.29) is 57.8 Å². The first-order chi connectivity index (χ1) is 49.0. The summed E-state index contributed by atoms with van der Waals surface area (Å²) in [7, 11) is -1.94. The van der Waals surface area contributed by atoms with Gasteiger partial charge in [-0.25, -0.2) is 0 Å². The minimum absolute atomic E-state index is 0.283. The predicted molar refractivity (Wildman–Crippen MR) is 406 cm³/mol. The number of fused-ring (bicyclic) bond motifs is 3. The van der Waals surface area contributed by atoms with E-state index < -0.39 is 84.1 Å². The summed E-state index contributed by atoms with van der Waals surface area (Å²) in [5.74, 6) is -1.80. The molecule has 20 nitrogen and oxygen atoms in total. The van der Waals surface area contributed by atoms with E-state index in [2.05, 4.69) is 15.9 Å². The second-order valence-corrected chi connectivity index (χ2v) is 36.2. The summed E-state index contributed by atoms with van der Waals surface area (Å²) in [5.41, 5.74) is -1.76. The number of benzene rings is 6. The van der Waals surface area contributed by atoms with Crippen molar-refractivity contribution in [1.82, 2.24) is 14.7 Å². The van der Waals surface area contributed by atoms with Gasteiger partial charge in [0.2, 0.25) is 0 Å². The Balaban J connectivity index is 0.000000128. The second-order valence-electron chi connectivity index (χ2n) is 35.3. The lowest BCUT2D eigenvalue weighted by atomic mass is 9.49. The topological polar surface area (TPSA) is 247 Å². The molecule has 7 aliphatic heterocycles. The maximum atomic E-state index is 13.2. The van der Waals surface area contributed by atoms with Gasteiger partial charge in [0.15, 0.2) is 0 Å². The standard InChI is InChI=1S/2C25H28BNO5.C19H16BrNO3.C12H24B2O4/c2*1-22(2)23(3,4)32-26(31-22)17-12-10-16(11-13-17)25(14-24(5,30)15-25)27-20(28)18-8-6-7-9-19(18)21(27)29;1-18(24)10-19(11-18,12-6-8-13(20)9-7-12)21-16(22)14-4-2-3-5-15(14)17(21)23;1-9(2)10(3,4)16-13(15-9)14-17-11(5,6)12(7,8)18-14/h2*6-13,30H,14-15H2,1-5H3;2-9,24H,10-11H2,1H3;1-8H3. The number of imide groups is 3. The molecule has 3 saturated carbocycles. The number of carbonyl (C=O) groups excluding carboxylic acids is 6. The van der Waals surface area contributed by atoms with Gasteiger partial charge in [-0.1, -0.05) is 113 Å². The summed E-state index contributed by atoms with van der Waals surface area (Å²) in [6.07, 6.45) is 1.85. The number of hydrogen-bond acceptors (Lipinski definition) is 17. The number of aliphatic hydroxyl groups is 3. The average molecular weight is 1510 g/mol. The Bertz CT molecular complexity index is 4150. The van der Waals surface area contributed by atoms with Crippen molar-refractivity contribution in [3.8, 4) is 0 Å². The van der Waals surface area contributed by atoms with Gasteiger partial charge in [0, 0.05) is 43.0 Å². The van der Waals surface area contributed by atoms with Gasteiger partial charge >= 0.3 is 28.3 Å². The normalized spacial score (nSPS) is 30.3. The molecule has 7 heterocycles. The van der Waals surface area contributed by atoms with Gasteiger partial charge < -0.3 is 52.6 Å². The molecular formula is C81H96B4BrN3O17. The van der Waals surface area contributed by atoms with Crippen molar-refractivity contribution in [2.75, 3.05) is 0 Å². The molecule has 6 aromatic rings. The Hall–Kier alpha value is -6.96. The monoisotopic (exact) mass is 1510 g/mol. The lowest BCUT2D eigenvalue weighted by molar-refractivity contribution is -0.119. The largest absolute Gasteiger partial charge is 0.494 e. The SMILES string of the molecule is CC1(C)OB(B2OC(C)(C)C(C)(C)O2)OC1(C)C.CC1(O)CC(c2ccc(B3OC(C)(C)C(C)(C)O3)cc2)(N2C(=O)c3ccccc3C2=O)C1.CC1(O)CC(c2ccc(B3OC(C)(C)C(C)(C)O3)cc2)(N2C(=O)c3ccccc3C2=O)C1.CC1(O)CC(c2ccc(Br)cc2)(N2C(=O)c3ccccc3C2=O)C1. The summed E-state index contributed by atoms with van der Waals surface area (Å²) in [6, 6.07) is 43.6. The number of rotatable bonds is 9. The van der Waals surface area contributed by atoms with Gasteiger partial charge in [0.25, 0.3) is 35.4 Å². The molecular weight excluding hydrogens is 1410 g/mol. The maximum absolute atomic E-state index is 13.2. The molecule has 10 aliphatic rings. The molecule has 0 unspecified atom stereocenters. The van der Waals surface area contributed by atoms with Crippen molar-refractivity contribution in [3.63, 3.8) is 0 Å². The van der Waals surface area contributed by atoms with E-state index in [1.54, 1.807) is 93.6 Å². The predicted octanol–water partition coefficient (Wildman–Crippen LogP) is 11.8. The Labute approximate surface area is 631 Å². The first-order valence-electron chi connectivity index (χ1n) is 36.5. The maximum Gasteiger partial charge on any atom is 0.494 e. The van der Waals surface area contributed by atoms with Gasteiger partial charge in [-0.15, -0.1) is 0 Å². The van der Waals surface area contributed by atoms with Crippen molar-refractivity contribution in [3.05, 3.63) is 200 Å². The van der Waals surface area contributed by atoms with Crippen LogP contribution in [-0.4, -0.2) is 155 Å². The highest BCUT2D eigenvalue weighted by Gasteiger charge is 2.67. The van der Waals surface area contributed by atoms with Crippen molar-refractivity contribution >= 4 is 90.6 Å². The summed E-state index contributed by atoms with van der Waals surface area (Å²) in [6.45, 7) is 37.5. The molecule has 3 aliphatic carbocycles. The van der Waals surface area contributed by atoms with Gasteiger partial charge in [-0.2, -0.15) is 0 Å². The highest BCUT2D eigenvalue weighted by Crippen LogP contribution is 2.58. The number of carbonyl (C=O) groups is 6. The molecule has 25 heteroatoms. The van der Waals surface area contributed by atoms with Gasteiger partial charge in [-0.3, -0.25) is 43.5 Å². The molecule has 0 atom stereocenters. The summed E-state index contributed by atoms with van der Waals surface area (Å²) in [5, 5.41) is 31.6. The number of halogens is 1. The van der Waals surface area contributed by atoms with E-state index in [1.165, 1.54) is 14.7 Å². The fourth-order valence-corrected chi connectivity index (χ4v) is 16.7. The van der Waals surface area contributed by atoms with Crippen LogP contribution in [0.15, 0.2) is 150 Å². The number of amides is 6. The third kappa shape index (κ3) is 12.8. The van der Waals surface area contributed by atoms with E-state index in [1.807, 2.05) is 184 Å². The smallest absolute Gasteiger partial charge is 0.405 e. The fraction of sp³-hybridized carbons (Fsp3) is 0.481. The van der Waals surface area contributed by atoms with Gasteiger partial charge in [0.1, 0.15) is 0 Å². The molecule has 0 spiro atoms. The molecule has 106 heavy (non-hydrogen) atoms. The Morgan fingerprint density at radius 2 is 0.462 bits per heavy atom. The zero-order chi connectivity index (χ0) is 77.3. The minimum atomic E-state index is -0.945. The quantitative estimate of drug-likeness (QED) is 0.0899. The molecule has 6 aromatic carbocycles. The molecule has 0 bridgehead atoms. The molecule has 6 amide bonds. The first-order valence-corrected chi connectivity index (χ1v) is 37.3. The molecule has 556 valence electrons. The Kier molecular flexibility index (Phi) is 18.6. The van der Waals surface area contributed by atoms with E-state index in [9.17, 15) is 44.1 Å². The van der Waals surface area contributed by atoms with Crippen LogP contribution >= 0.6 is 15.9 Å². The highest BCUT2D eigenvalue weighted by molar-refractivity contribution is 9.10. The van der Waals surface area contributed by atoms with Crippen molar-refractivity contribution in [2.45, 2.75) is 248 Å². The van der Waals surface area contributed by atoms with Crippen LogP contribution < -0.4 is 10.9 Å². The van der Waals surface area contributed by atoms with Crippen LogP contribution in [0.5, 0.6) is 0 Å². The molecule has 3 N–H and O–H groups in total. The summed E-state index contributed by atoms with van der Waals surface area (Å²) in [4.78, 5) is 82.8. The van der Waals surface area contributed by atoms with E-state index in [4.69, 9.17) is 37.2 Å². The van der Waals surface area contributed by atoms with Gasteiger partial charge in [0.05, 0.1) is 112 Å². The third-order valence-electron chi connectivity index (χ3n) is 24.8. The molecule has 0 radical (unpaired) electrons. The van der Waals surface area contributed by atoms with Crippen LogP contribution in [0.2, 0.25) is 0 Å². The van der Waals surface area contributed by atoms with Crippen LogP contribution in [0.4, 0.5) is 0 Å². The van der Waals surface area contributed by atoms with Gasteiger partial charge in [-0.05, 0) is 208 Å². The van der Waals surface area contributed by atoms with Crippen LogP contribution in [0, 0.1) is 0 Å². The molecule has 7 fully saturated rings. The van der Waals surface area contributed by atoms with Crippen molar-refractivity contribution < 1.29 is 81.3 Å². The number of hydrogen-bond donors (Lipinski definition) is 3. The Morgan fingerprint density at radius 1 is 0.283 bits per heavy atom. The lowest BCUT2D eigenvalue weighted by Crippen LogP contribution is -2.63. The van der Waals surface area contributed by atoms with Crippen molar-refractivity contribution in [1.29, 1.82) is 0 Å². The Morgan fingerprint density at radius 3 is 0.651 bits per heavy atom. The molecule has 0 aromatic heterocycles. The summed E-state index contributed by atoms with van der Waals surface area (Å²) < 4.78 is 49.4. The van der Waals surface area contributed by atoms with Crippen LogP contribution in [0.25, 0.3) is 0 Å². The number of nitrogens with zero attached hydrogens (tertiary/aromatic N) is 3. The minimum Gasteiger partial charge on any atom is -0.405 e. The zero-order valence-corrected chi connectivity index (χ0v) is 65.8. The van der Waals surface area contributed by atoms with E-state index in [0.29, 0.717) is 71.9 Å². The van der Waals surface area contributed by atoms with Crippen LogP contribution in [-0.2, 0) is 53.9 Å². The van der Waals surface area contributed by atoms with Crippen LogP contribution in [0.3, 0.4) is 0 Å².